The molecule has 0 bridgehead atoms. The van der Waals surface area contributed by atoms with E-state index >= 15 is 0 Å². The fraction of sp³-hybridized carbons (Fsp3) is 0.250. The second kappa shape index (κ2) is 7.38. The van der Waals surface area contributed by atoms with Gasteiger partial charge in [-0.15, -0.1) is 0 Å². The Morgan fingerprint density at radius 1 is 0.926 bits per heavy atom. The first-order valence-electron chi connectivity index (χ1n) is 8.37. The topological polar surface area (TPSA) is 100 Å². The van der Waals surface area contributed by atoms with Crippen LogP contribution in [0.4, 0.5) is 11.4 Å². The maximum absolute atomic E-state index is 12.7. The van der Waals surface area contributed by atoms with Crippen molar-refractivity contribution in [2.45, 2.75) is 12.8 Å². The van der Waals surface area contributed by atoms with Crippen LogP contribution >= 0.6 is 0 Å². The summed E-state index contributed by atoms with van der Waals surface area (Å²) in [6, 6.07) is 13.5. The molecule has 2 N–H and O–H groups in total. The third kappa shape index (κ3) is 3.70. The Balaban J connectivity index is 1.70. The van der Waals surface area contributed by atoms with Gasteiger partial charge in [-0.2, -0.15) is 5.26 Å². The first-order chi connectivity index (χ1) is 13.0. The Kier molecular flexibility index (Phi) is 4.99. The van der Waals surface area contributed by atoms with Gasteiger partial charge in [-0.25, -0.2) is 0 Å². The molecule has 0 heterocycles. The quantitative estimate of drug-likeness (QED) is 0.767. The summed E-state index contributed by atoms with van der Waals surface area (Å²) in [7, 11) is 3.04. The summed E-state index contributed by atoms with van der Waals surface area (Å²) < 4.78 is 10.4. The number of nitriles is 1. The molecule has 0 aromatic heterocycles. The van der Waals surface area contributed by atoms with Gasteiger partial charge in [0.1, 0.15) is 5.41 Å². The molecular weight excluding hydrogens is 346 g/mol. The van der Waals surface area contributed by atoms with Gasteiger partial charge < -0.3 is 20.1 Å². The molecule has 3 rings (SSSR count). The average molecular weight is 365 g/mol. The van der Waals surface area contributed by atoms with Gasteiger partial charge in [-0.3, -0.25) is 9.59 Å². The van der Waals surface area contributed by atoms with E-state index in [9.17, 15) is 9.59 Å². The predicted octanol–water partition coefficient (Wildman–Crippen LogP) is 2.93. The van der Waals surface area contributed by atoms with E-state index in [1.165, 1.54) is 14.2 Å². The number of carbonyl (C=O) groups excluding carboxylic acids is 2. The lowest BCUT2D eigenvalue weighted by Crippen LogP contribution is -2.35. The Morgan fingerprint density at radius 3 is 2.00 bits per heavy atom. The molecule has 2 amide bonds. The standard InChI is InChI=1S/C20H19N3O4/c1-26-16-8-7-15(11-17(16)27-2)23-19(25)20(9-10-20)18(24)22-14-5-3-13(12-21)4-6-14/h3-8,11H,9-10H2,1-2H3,(H,22,24)(H,23,25). The zero-order chi connectivity index (χ0) is 19.4. The summed E-state index contributed by atoms with van der Waals surface area (Å²) >= 11 is 0. The van der Waals surface area contributed by atoms with E-state index in [1.807, 2.05) is 6.07 Å². The van der Waals surface area contributed by atoms with Gasteiger partial charge in [0.05, 0.1) is 25.9 Å². The third-order valence-electron chi connectivity index (χ3n) is 4.53. The molecule has 0 radical (unpaired) electrons. The van der Waals surface area contributed by atoms with Crippen molar-refractivity contribution in [3.05, 3.63) is 48.0 Å². The Labute approximate surface area is 156 Å². The number of nitrogens with zero attached hydrogens (tertiary/aromatic N) is 1. The number of methoxy groups -OCH3 is 2. The van der Waals surface area contributed by atoms with Crippen molar-refractivity contribution < 1.29 is 19.1 Å². The number of ether oxygens (including phenoxy) is 2. The SMILES string of the molecule is COc1ccc(NC(=O)C2(C(=O)Nc3ccc(C#N)cc3)CC2)cc1OC. The molecule has 138 valence electrons. The molecular formula is C20H19N3O4. The first-order valence-corrected chi connectivity index (χ1v) is 8.37. The van der Waals surface area contributed by atoms with Crippen molar-refractivity contribution >= 4 is 23.2 Å². The number of hydrogen-bond donors (Lipinski definition) is 2. The Bertz CT molecular complexity index is 912. The highest BCUT2D eigenvalue weighted by Gasteiger charge is 2.56. The second-order valence-electron chi connectivity index (χ2n) is 6.25. The van der Waals surface area contributed by atoms with Gasteiger partial charge in [0, 0.05) is 17.4 Å². The summed E-state index contributed by atoms with van der Waals surface area (Å²) in [5.41, 5.74) is 0.487. The predicted molar refractivity (Wildman–Crippen MR) is 99.6 cm³/mol. The van der Waals surface area contributed by atoms with Crippen LogP contribution in [0.1, 0.15) is 18.4 Å². The van der Waals surface area contributed by atoms with E-state index in [4.69, 9.17) is 14.7 Å². The highest BCUT2D eigenvalue weighted by atomic mass is 16.5. The molecule has 0 unspecified atom stereocenters. The number of nitrogens with one attached hydrogen (secondary N) is 2. The van der Waals surface area contributed by atoms with Crippen molar-refractivity contribution in [2.75, 3.05) is 24.9 Å². The molecule has 2 aromatic carbocycles. The molecule has 0 saturated heterocycles. The largest absolute Gasteiger partial charge is 0.493 e. The van der Waals surface area contributed by atoms with Gasteiger partial charge in [0.15, 0.2) is 11.5 Å². The number of anilines is 2. The monoisotopic (exact) mass is 365 g/mol. The van der Waals surface area contributed by atoms with Crippen LogP contribution in [-0.4, -0.2) is 26.0 Å². The minimum atomic E-state index is -1.08. The van der Waals surface area contributed by atoms with E-state index in [-0.39, 0.29) is 11.8 Å². The van der Waals surface area contributed by atoms with Gasteiger partial charge in [-0.05, 0) is 49.2 Å². The lowest BCUT2D eigenvalue weighted by Gasteiger charge is -2.16. The fourth-order valence-electron chi connectivity index (χ4n) is 2.73. The maximum atomic E-state index is 12.7. The van der Waals surface area contributed by atoms with Crippen LogP contribution in [0.5, 0.6) is 11.5 Å². The molecule has 0 spiro atoms. The van der Waals surface area contributed by atoms with Crippen LogP contribution in [0.25, 0.3) is 0 Å². The van der Waals surface area contributed by atoms with Gasteiger partial charge in [0.25, 0.3) is 0 Å². The van der Waals surface area contributed by atoms with Gasteiger partial charge in [-0.1, -0.05) is 0 Å². The first kappa shape index (κ1) is 18.3. The summed E-state index contributed by atoms with van der Waals surface area (Å²) in [6.45, 7) is 0. The number of rotatable bonds is 6. The Hall–Kier alpha value is -3.53. The van der Waals surface area contributed by atoms with Crippen LogP contribution in [0.3, 0.4) is 0 Å². The summed E-state index contributed by atoms with van der Waals surface area (Å²) in [6.07, 6.45) is 0.961. The zero-order valence-electron chi connectivity index (χ0n) is 15.0. The van der Waals surface area contributed by atoms with Crippen molar-refractivity contribution in [3.8, 4) is 17.6 Å². The maximum Gasteiger partial charge on any atom is 0.240 e. The lowest BCUT2D eigenvalue weighted by atomic mass is 10.0. The van der Waals surface area contributed by atoms with Gasteiger partial charge in [0.2, 0.25) is 11.8 Å². The highest BCUT2D eigenvalue weighted by molar-refractivity contribution is 6.16. The highest BCUT2D eigenvalue weighted by Crippen LogP contribution is 2.47. The van der Waals surface area contributed by atoms with Gasteiger partial charge >= 0.3 is 0 Å². The van der Waals surface area contributed by atoms with Crippen LogP contribution in [0.15, 0.2) is 42.5 Å². The molecule has 1 fully saturated rings. The average Bonchev–Trinajstić information content (AvgIpc) is 3.50. The van der Waals surface area contributed by atoms with E-state index in [0.29, 0.717) is 41.3 Å². The molecule has 7 heteroatoms. The van der Waals surface area contributed by atoms with E-state index < -0.39 is 5.41 Å². The molecule has 0 aliphatic heterocycles. The molecule has 1 saturated carbocycles. The third-order valence-corrected chi connectivity index (χ3v) is 4.53. The van der Waals surface area contributed by atoms with E-state index in [1.54, 1.807) is 42.5 Å². The minimum absolute atomic E-state index is 0.356. The van der Waals surface area contributed by atoms with Crippen molar-refractivity contribution in [2.24, 2.45) is 5.41 Å². The van der Waals surface area contributed by atoms with Crippen molar-refractivity contribution in [3.63, 3.8) is 0 Å². The Morgan fingerprint density at radius 2 is 1.48 bits per heavy atom. The fourth-order valence-corrected chi connectivity index (χ4v) is 2.73. The number of benzene rings is 2. The van der Waals surface area contributed by atoms with Crippen LogP contribution in [0.2, 0.25) is 0 Å². The number of hydrogen-bond acceptors (Lipinski definition) is 5. The molecule has 1 aliphatic carbocycles. The van der Waals surface area contributed by atoms with Crippen molar-refractivity contribution in [1.29, 1.82) is 5.26 Å². The normalized spacial score (nSPS) is 13.8. The smallest absolute Gasteiger partial charge is 0.240 e. The van der Waals surface area contributed by atoms with Crippen LogP contribution < -0.4 is 20.1 Å². The molecule has 27 heavy (non-hydrogen) atoms. The summed E-state index contributed by atoms with van der Waals surface area (Å²) in [5.74, 6) is 0.323. The van der Waals surface area contributed by atoms with Crippen LogP contribution in [0, 0.1) is 16.7 Å². The molecule has 2 aromatic rings. The number of amides is 2. The summed E-state index contributed by atoms with van der Waals surface area (Å²) in [5, 5.41) is 14.4. The van der Waals surface area contributed by atoms with Crippen LogP contribution in [-0.2, 0) is 9.59 Å². The second-order valence-corrected chi connectivity index (χ2v) is 6.25. The lowest BCUT2D eigenvalue weighted by molar-refractivity contribution is -0.131. The summed E-state index contributed by atoms with van der Waals surface area (Å²) in [4.78, 5) is 25.3. The zero-order valence-corrected chi connectivity index (χ0v) is 15.0. The van der Waals surface area contributed by atoms with E-state index in [2.05, 4.69) is 10.6 Å². The molecule has 0 atom stereocenters. The van der Waals surface area contributed by atoms with Crippen molar-refractivity contribution in [1.82, 2.24) is 0 Å². The van der Waals surface area contributed by atoms with E-state index in [0.717, 1.165) is 0 Å². The molecule has 1 aliphatic rings. The molecule has 7 nitrogen and oxygen atoms in total. The number of carbonyl (C=O) groups is 2. The minimum Gasteiger partial charge on any atom is -0.493 e.